The number of nitrogens with zero attached hydrogens (tertiary/aromatic N) is 1. The van der Waals surface area contributed by atoms with Crippen LogP contribution < -0.4 is 10.6 Å². The van der Waals surface area contributed by atoms with E-state index in [-0.39, 0.29) is 24.0 Å². The van der Waals surface area contributed by atoms with Crippen LogP contribution in [0.5, 0.6) is 0 Å². The van der Waals surface area contributed by atoms with Gasteiger partial charge < -0.3 is 15.4 Å². The van der Waals surface area contributed by atoms with E-state index >= 15 is 0 Å². The molecule has 0 radical (unpaired) electrons. The smallest absolute Gasteiger partial charge is 0.191 e. The zero-order chi connectivity index (χ0) is 13.4. The maximum absolute atomic E-state index is 5.45. The number of rotatable bonds is 5. The van der Waals surface area contributed by atoms with E-state index in [0.29, 0.717) is 10.8 Å². The van der Waals surface area contributed by atoms with Gasteiger partial charge in [0.2, 0.25) is 0 Å². The molecule has 1 unspecified atom stereocenters. The van der Waals surface area contributed by atoms with Gasteiger partial charge in [-0.2, -0.15) is 11.8 Å². The summed E-state index contributed by atoms with van der Waals surface area (Å²) in [6.45, 7) is 7.05. The summed E-state index contributed by atoms with van der Waals surface area (Å²) in [5, 5.41) is 6.85. The molecule has 1 rings (SSSR count). The second-order valence-electron chi connectivity index (χ2n) is 4.88. The van der Waals surface area contributed by atoms with Crippen molar-refractivity contribution in [3.63, 3.8) is 0 Å². The van der Waals surface area contributed by atoms with E-state index < -0.39 is 0 Å². The Kier molecular flexibility index (Phi) is 10.3. The molecule has 1 aliphatic heterocycles. The van der Waals surface area contributed by atoms with Crippen LogP contribution in [0.2, 0.25) is 0 Å². The number of halogens is 1. The van der Waals surface area contributed by atoms with Gasteiger partial charge in [-0.3, -0.25) is 4.99 Å². The van der Waals surface area contributed by atoms with Crippen molar-refractivity contribution in [3.8, 4) is 0 Å². The highest BCUT2D eigenvalue weighted by atomic mass is 127. The first-order valence-electron chi connectivity index (χ1n) is 6.76. The quantitative estimate of drug-likeness (QED) is 0.422. The molecule has 6 heteroatoms. The molecule has 1 saturated heterocycles. The second kappa shape index (κ2) is 10.1. The zero-order valence-corrected chi connectivity index (χ0v) is 15.6. The fourth-order valence-corrected chi connectivity index (χ4v) is 2.76. The Balaban J connectivity index is 0.00000324. The van der Waals surface area contributed by atoms with Crippen LogP contribution in [0.1, 0.15) is 33.1 Å². The standard InChI is InChI=1S/C13H27N3OS.HI/c1-5-11(2)16-12(14-3)15-10-13(18-4)6-8-17-9-7-13;/h11H,5-10H2,1-4H3,(H2,14,15,16);1H. The summed E-state index contributed by atoms with van der Waals surface area (Å²) in [5.41, 5.74) is 0. The Labute approximate surface area is 138 Å². The number of thioether (sulfide) groups is 1. The molecular weight excluding hydrogens is 373 g/mol. The largest absolute Gasteiger partial charge is 0.381 e. The van der Waals surface area contributed by atoms with Crippen molar-refractivity contribution in [1.29, 1.82) is 0 Å². The number of aliphatic imine (C=N–C) groups is 1. The van der Waals surface area contributed by atoms with Crippen molar-refractivity contribution in [1.82, 2.24) is 10.6 Å². The summed E-state index contributed by atoms with van der Waals surface area (Å²) < 4.78 is 5.75. The number of hydrogen-bond donors (Lipinski definition) is 2. The van der Waals surface area contributed by atoms with Crippen LogP contribution in [0.3, 0.4) is 0 Å². The molecule has 1 fully saturated rings. The summed E-state index contributed by atoms with van der Waals surface area (Å²) >= 11 is 1.95. The van der Waals surface area contributed by atoms with Crippen LogP contribution in [-0.4, -0.2) is 49.8 Å². The highest BCUT2D eigenvalue weighted by Crippen LogP contribution is 2.32. The van der Waals surface area contributed by atoms with Crippen molar-refractivity contribution in [2.24, 2.45) is 4.99 Å². The van der Waals surface area contributed by atoms with Crippen LogP contribution >= 0.6 is 35.7 Å². The minimum Gasteiger partial charge on any atom is -0.381 e. The molecule has 114 valence electrons. The lowest BCUT2D eigenvalue weighted by molar-refractivity contribution is 0.0782. The van der Waals surface area contributed by atoms with Gasteiger partial charge in [-0.1, -0.05) is 6.92 Å². The van der Waals surface area contributed by atoms with Crippen molar-refractivity contribution in [2.75, 3.05) is 33.1 Å². The molecular formula is C13H28IN3OS. The molecule has 1 atom stereocenters. The summed E-state index contributed by atoms with van der Waals surface area (Å²) in [7, 11) is 1.83. The van der Waals surface area contributed by atoms with Crippen LogP contribution in [0.4, 0.5) is 0 Å². The molecule has 0 saturated carbocycles. The number of guanidine groups is 1. The topological polar surface area (TPSA) is 45.7 Å². The van der Waals surface area contributed by atoms with Gasteiger partial charge in [0.25, 0.3) is 0 Å². The van der Waals surface area contributed by atoms with Crippen LogP contribution in [0.15, 0.2) is 4.99 Å². The molecule has 1 heterocycles. The molecule has 0 aromatic heterocycles. The Morgan fingerprint density at radius 2 is 2.05 bits per heavy atom. The lowest BCUT2D eigenvalue weighted by Crippen LogP contribution is -2.49. The average molecular weight is 401 g/mol. The monoisotopic (exact) mass is 401 g/mol. The van der Waals surface area contributed by atoms with Crippen LogP contribution in [0.25, 0.3) is 0 Å². The minimum atomic E-state index is 0. The van der Waals surface area contributed by atoms with E-state index in [0.717, 1.165) is 45.0 Å². The number of nitrogens with one attached hydrogen (secondary N) is 2. The van der Waals surface area contributed by atoms with E-state index in [1.807, 2.05) is 18.8 Å². The molecule has 0 amide bonds. The fourth-order valence-electron chi connectivity index (χ4n) is 1.97. The normalized spacial score (nSPS) is 20.3. The number of hydrogen-bond acceptors (Lipinski definition) is 3. The maximum atomic E-state index is 5.45. The average Bonchev–Trinajstić information content (AvgIpc) is 2.44. The first kappa shape index (κ1) is 19.3. The van der Waals surface area contributed by atoms with Gasteiger partial charge in [0, 0.05) is 37.6 Å². The van der Waals surface area contributed by atoms with Crippen molar-refractivity contribution < 1.29 is 4.74 Å². The molecule has 0 bridgehead atoms. The highest BCUT2D eigenvalue weighted by Gasteiger charge is 2.31. The van der Waals surface area contributed by atoms with Crippen LogP contribution in [-0.2, 0) is 4.74 Å². The van der Waals surface area contributed by atoms with Crippen LogP contribution in [0, 0.1) is 0 Å². The van der Waals surface area contributed by atoms with Gasteiger partial charge in [0.1, 0.15) is 0 Å². The molecule has 0 aromatic carbocycles. The third kappa shape index (κ3) is 6.53. The van der Waals surface area contributed by atoms with E-state index in [1.54, 1.807) is 0 Å². The van der Waals surface area contributed by atoms with Gasteiger partial charge in [-0.25, -0.2) is 0 Å². The minimum absolute atomic E-state index is 0. The van der Waals surface area contributed by atoms with Gasteiger partial charge in [-0.15, -0.1) is 24.0 Å². The molecule has 4 nitrogen and oxygen atoms in total. The van der Waals surface area contributed by atoms with Crippen molar-refractivity contribution in [3.05, 3.63) is 0 Å². The molecule has 0 aromatic rings. The Morgan fingerprint density at radius 1 is 1.42 bits per heavy atom. The molecule has 0 spiro atoms. The molecule has 1 aliphatic rings. The van der Waals surface area contributed by atoms with Crippen molar-refractivity contribution >= 4 is 41.7 Å². The van der Waals surface area contributed by atoms with E-state index in [1.165, 1.54) is 0 Å². The van der Waals surface area contributed by atoms with Crippen molar-refractivity contribution in [2.45, 2.75) is 43.9 Å². The number of ether oxygens (including phenoxy) is 1. The highest BCUT2D eigenvalue weighted by molar-refractivity contribution is 14.0. The van der Waals surface area contributed by atoms with Gasteiger partial charge in [0.15, 0.2) is 5.96 Å². The molecule has 2 N–H and O–H groups in total. The fraction of sp³-hybridized carbons (Fsp3) is 0.923. The Morgan fingerprint density at radius 3 is 2.53 bits per heavy atom. The third-order valence-electron chi connectivity index (χ3n) is 3.63. The second-order valence-corrected chi connectivity index (χ2v) is 6.15. The summed E-state index contributed by atoms with van der Waals surface area (Å²) in [6, 6.07) is 0.455. The Bertz CT molecular complexity index is 271. The predicted octanol–water partition coefficient (Wildman–Crippen LogP) is 2.48. The first-order valence-corrected chi connectivity index (χ1v) is 7.98. The van der Waals surface area contributed by atoms with Gasteiger partial charge in [-0.05, 0) is 32.4 Å². The summed E-state index contributed by atoms with van der Waals surface area (Å²) in [6.07, 6.45) is 5.52. The lowest BCUT2D eigenvalue weighted by atomic mass is 9.99. The van der Waals surface area contributed by atoms with E-state index in [4.69, 9.17) is 4.74 Å². The maximum Gasteiger partial charge on any atom is 0.191 e. The van der Waals surface area contributed by atoms with Gasteiger partial charge >= 0.3 is 0 Å². The van der Waals surface area contributed by atoms with Gasteiger partial charge in [0.05, 0.1) is 0 Å². The summed E-state index contributed by atoms with van der Waals surface area (Å²) in [5.74, 6) is 0.907. The first-order chi connectivity index (χ1) is 8.65. The summed E-state index contributed by atoms with van der Waals surface area (Å²) in [4.78, 5) is 4.28. The molecule has 0 aliphatic carbocycles. The third-order valence-corrected chi connectivity index (χ3v) is 5.05. The van der Waals surface area contributed by atoms with E-state index in [9.17, 15) is 0 Å². The SMILES string of the molecule is CCC(C)NC(=NC)NCC1(SC)CCOCC1.I. The zero-order valence-electron chi connectivity index (χ0n) is 12.5. The van der Waals surface area contributed by atoms with E-state index in [2.05, 4.69) is 35.7 Å². The lowest BCUT2D eigenvalue weighted by Gasteiger charge is -2.36. The predicted molar refractivity (Wildman–Crippen MR) is 96.0 cm³/mol. The Hall–Kier alpha value is 0.310. The molecule has 19 heavy (non-hydrogen) atoms.